The van der Waals surface area contributed by atoms with Crippen molar-refractivity contribution in [2.24, 2.45) is 5.84 Å². The average Bonchev–Trinajstić information content (AvgIpc) is 2.96. The number of nitrogens with zero attached hydrogens (tertiary/aromatic N) is 3. The summed E-state index contributed by atoms with van der Waals surface area (Å²) in [6.45, 7) is 3.72. The third-order valence-corrected chi connectivity index (χ3v) is 3.03. The third-order valence-electron chi connectivity index (χ3n) is 3.03. The molecule has 1 aliphatic rings. The number of hydrogen-bond acceptors (Lipinski definition) is 5. The van der Waals surface area contributed by atoms with Crippen molar-refractivity contribution in [3.05, 3.63) is 12.2 Å². The summed E-state index contributed by atoms with van der Waals surface area (Å²) in [5.41, 5.74) is 2.83. The first kappa shape index (κ1) is 11.5. The van der Waals surface area contributed by atoms with Crippen molar-refractivity contribution in [1.82, 2.24) is 20.2 Å². The van der Waals surface area contributed by atoms with Gasteiger partial charge in [-0.2, -0.15) is 5.10 Å². The van der Waals surface area contributed by atoms with Crippen LogP contribution in [0.3, 0.4) is 0 Å². The van der Waals surface area contributed by atoms with Crippen LogP contribution in [-0.4, -0.2) is 33.5 Å². The molecule has 0 bridgehead atoms. The zero-order chi connectivity index (χ0) is 11.4. The van der Waals surface area contributed by atoms with Crippen LogP contribution in [0.2, 0.25) is 0 Å². The van der Waals surface area contributed by atoms with Crippen molar-refractivity contribution < 1.29 is 4.74 Å². The first-order chi connectivity index (χ1) is 7.85. The molecule has 2 heterocycles. The number of ether oxygens (including phenoxy) is 1. The Labute approximate surface area is 95.1 Å². The van der Waals surface area contributed by atoms with Gasteiger partial charge >= 0.3 is 0 Å². The molecule has 0 saturated carbocycles. The highest BCUT2D eigenvalue weighted by molar-refractivity contribution is 4.93. The second-order valence-electron chi connectivity index (χ2n) is 4.02. The Morgan fingerprint density at radius 3 is 3.25 bits per heavy atom. The minimum atomic E-state index is 0.122. The molecule has 0 aromatic carbocycles. The fourth-order valence-electron chi connectivity index (χ4n) is 2.12. The van der Waals surface area contributed by atoms with Crippen LogP contribution in [0.25, 0.3) is 0 Å². The van der Waals surface area contributed by atoms with Crippen molar-refractivity contribution >= 4 is 0 Å². The predicted octanol–water partition coefficient (Wildman–Crippen LogP) is -0.149. The maximum absolute atomic E-state index is 5.63. The first-order valence-electron chi connectivity index (χ1n) is 5.79. The lowest BCUT2D eigenvalue weighted by Gasteiger charge is -2.21. The summed E-state index contributed by atoms with van der Waals surface area (Å²) >= 11 is 0. The van der Waals surface area contributed by atoms with Gasteiger partial charge in [0.25, 0.3) is 0 Å². The van der Waals surface area contributed by atoms with E-state index in [9.17, 15) is 0 Å². The number of hydrogen-bond donors (Lipinski definition) is 2. The molecule has 2 unspecified atom stereocenters. The fraction of sp³-hybridized carbons (Fsp3) is 0.800. The number of nitrogens with two attached hydrogens (primary N) is 1. The van der Waals surface area contributed by atoms with Crippen LogP contribution >= 0.6 is 0 Å². The zero-order valence-electron chi connectivity index (χ0n) is 9.59. The molecular weight excluding hydrogens is 206 g/mol. The van der Waals surface area contributed by atoms with Gasteiger partial charge in [-0.05, 0) is 19.8 Å². The topological polar surface area (TPSA) is 78.0 Å². The number of rotatable bonds is 5. The molecular formula is C10H19N5O. The Morgan fingerprint density at radius 2 is 2.62 bits per heavy atom. The smallest absolute Gasteiger partial charge is 0.138 e. The van der Waals surface area contributed by atoms with Gasteiger partial charge in [-0.25, -0.2) is 4.98 Å². The van der Waals surface area contributed by atoms with E-state index in [0.29, 0.717) is 0 Å². The Kier molecular flexibility index (Phi) is 3.87. The highest BCUT2D eigenvalue weighted by Crippen LogP contribution is 2.17. The summed E-state index contributed by atoms with van der Waals surface area (Å²) in [7, 11) is 0. The predicted molar refractivity (Wildman–Crippen MR) is 59.5 cm³/mol. The molecule has 3 N–H and O–H groups in total. The molecule has 90 valence electrons. The highest BCUT2D eigenvalue weighted by atomic mass is 16.5. The van der Waals surface area contributed by atoms with Crippen LogP contribution < -0.4 is 11.3 Å². The molecule has 16 heavy (non-hydrogen) atoms. The molecule has 0 amide bonds. The lowest BCUT2D eigenvalue weighted by molar-refractivity contribution is 0.0775. The van der Waals surface area contributed by atoms with E-state index in [1.165, 1.54) is 0 Å². The van der Waals surface area contributed by atoms with E-state index in [2.05, 4.69) is 22.4 Å². The Balaban J connectivity index is 2.00. The third kappa shape index (κ3) is 2.40. The SMILES string of the molecule is CCn1ncnc1CC(NN)C1CCCO1. The second kappa shape index (κ2) is 5.38. The van der Waals surface area contributed by atoms with Crippen LogP contribution in [-0.2, 0) is 17.7 Å². The molecule has 1 fully saturated rings. The minimum Gasteiger partial charge on any atom is -0.377 e. The lowest BCUT2D eigenvalue weighted by Crippen LogP contribution is -2.45. The van der Waals surface area contributed by atoms with Crippen molar-refractivity contribution in [3.8, 4) is 0 Å². The Hall–Kier alpha value is -0.980. The van der Waals surface area contributed by atoms with Gasteiger partial charge in [0.05, 0.1) is 12.1 Å². The van der Waals surface area contributed by atoms with Gasteiger partial charge in [-0.1, -0.05) is 0 Å². The van der Waals surface area contributed by atoms with Gasteiger partial charge in [0, 0.05) is 19.6 Å². The van der Waals surface area contributed by atoms with E-state index in [4.69, 9.17) is 10.6 Å². The molecule has 2 rings (SSSR count). The van der Waals surface area contributed by atoms with Crippen LogP contribution in [0, 0.1) is 0 Å². The largest absolute Gasteiger partial charge is 0.377 e. The summed E-state index contributed by atoms with van der Waals surface area (Å²) in [4.78, 5) is 4.25. The Morgan fingerprint density at radius 1 is 1.75 bits per heavy atom. The molecule has 0 spiro atoms. The van der Waals surface area contributed by atoms with E-state index in [1.807, 2.05) is 4.68 Å². The van der Waals surface area contributed by atoms with Crippen LogP contribution in [0.1, 0.15) is 25.6 Å². The van der Waals surface area contributed by atoms with Crippen LogP contribution in [0.4, 0.5) is 0 Å². The van der Waals surface area contributed by atoms with E-state index >= 15 is 0 Å². The van der Waals surface area contributed by atoms with Crippen molar-refractivity contribution in [1.29, 1.82) is 0 Å². The molecule has 0 aliphatic carbocycles. The number of aromatic nitrogens is 3. The molecule has 6 nitrogen and oxygen atoms in total. The van der Waals surface area contributed by atoms with E-state index in [1.54, 1.807) is 6.33 Å². The van der Waals surface area contributed by atoms with Crippen molar-refractivity contribution in [3.63, 3.8) is 0 Å². The molecule has 1 aromatic rings. The number of nitrogens with one attached hydrogen (secondary N) is 1. The van der Waals surface area contributed by atoms with Gasteiger partial charge in [-0.15, -0.1) is 0 Å². The molecule has 0 radical (unpaired) electrons. The average molecular weight is 225 g/mol. The van der Waals surface area contributed by atoms with E-state index < -0.39 is 0 Å². The summed E-state index contributed by atoms with van der Waals surface area (Å²) in [5, 5.41) is 4.14. The maximum Gasteiger partial charge on any atom is 0.138 e. The molecule has 1 aliphatic heterocycles. The van der Waals surface area contributed by atoms with Gasteiger partial charge in [0.15, 0.2) is 0 Å². The number of aryl methyl sites for hydroxylation is 1. The van der Waals surface area contributed by atoms with Crippen molar-refractivity contribution in [2.45, 2.75) is 44.9 Å². The van der Waals surface area contributed by atoms with Gasteiger partial charge in [-0.3, -0.25) is 16.0 Å². The summed E-state index contributed by atoms with van der Waals surface area (Å²) in [6, 6.07) is 0.122. The second-order valence-corrected chi connectivity index (χ2v) is 4.02. The zero-order valence-corrected chi connectivity index (χ0v) is 9.59. The lowest BCUT2D eigenvalue weighted by atomic mass is 10.1. The monoisotopic (exact) mass is 225 g/mol. The minimum absolute atomic E-state index is 0.122. The summed E-state index contributed by atoms with van der Waals surface area (Å²) in [5.74, 6) is 6.53. The number of hydrazine groups is 1. The van der Waals surface area contributed by atoms with Gasteiger partial charge < -0.3 is 4.74 Å². The highest BCUT2D eigenvalue weighted by Gasteiger charge is 2.26. The standard InChI is InChI=1S/C10H19N5O/c1-2-15-10(12-7-13-15)6-8(14-11)9-4-3-5-16-9/h7-9,14H,2-6,11H2,1H3. The quantitative estimate of drug-likeness (QED) is 0.538. The summed E-state index contributed by atoms with van der Waals surface area (Å²) in [6.07, 6.45) is 4.72. The Bertz CT molecular complexity index is 321. The van der Waals surface area contributed by atoms with Crippen molar-refractivity contribution in [2.75, 3.05) is 6.61 Å². The fourth-order valence-corrected chi connectivity index (χ4v) is 2.12. The van der Waals surface area contributed by atoms with Gasteiger partial charge in [0.1, 0.15) is 12.2 Å². The van der Waals surface area contributed by atoms with Crippen LogP contribution in [0.15, 0.2) is 6.33 Å². The van der Waals surface area contributed by atoms with Crippen LogP contribution in [0.5, 0.6) is 0 Å². The molecule has 6 heteroatoms. The normalized spacial score (nSPS) is 22.5. The van der Waals surface area contributed by atoms with E-state index in [-0.39, 0.29) is 12.1 Å². The summed E-state index contributed by atoms with van der Waals surface area (Å²) < 4.78 is 7.52. The molecule has 2 atom stereocenters. The maximum atomic E-state index is 5.63. The molecule has 1 saturated heterocycles. The molecule has 1 aromatic heterocycles. The van der Waals surface area contributed by atoms with E-state index in [0.717, 1.165) is 38.2 Å². The first-order valence-corrected chi connectivity index (χ1v) is 5.79. The van der Waals surface area contributed by atoms with Gasteiger partial charge in [0.2, 0.25) is 0 Å².